The van der Waals surface area contributed by atoms with Gasteiger partial charge in [0.05, 0.1) is 30.0 Å². The highest BCUT2D eigenvalue weighted by atomic mass is 32.1. The van der Waals surface area contributed by atoms with Crippen molar-refractivity contribution in [1.29, 1.82) is 0 Å². The first-order valence-corrected chi connectivity index (χ1v) is 9.05. The molecule has 3 aliphatic rings. The van der Waals surface area contributed by atoms with Crippen molar-refractivity contribution in [3.05, 3.63) is 16.1 Å². The van der Waals surface area contributed by atoms with E-state index in [1.807, 2.05) is 5.51 Å². The van der Waals surface area contributed by atoms with Gasteiger partial charge in [-0.25, -0.2) is 4.98 Å². The molecule has 2 aliphatic carbocycles. The Labute approximate surface area is 130 Å². The molecule has 1 aromatic heterocycles. The first kappa shape index (κ1) is 14.1. The predicted molar refractivity (Wildman–Crippen MR) is 82.5 cm³/mol. The van der Waals surface area contributed by atoms with Crippen LogP contribution in [-0.2, 0) is 16.0 Å². The van der Waals surface area contributed by atoms with Crippen LogP contribution in [0, 0.1) is 12.8 Å². The zero-order valence-electron chi connectivity index (χ0n) is 12.7. The van der Waals surface area contributed by atoms with Crippen LogP contribution in [0.5, 0.6) is 0 Å². The summed E-state index contributed by atoms with van der Waals surface area (Å²) in [6.45, 7) is 5.96. The highest BCUT2D eigenvalue weighted by Crippen LogP contribution is 2.36. The number of hydrogen-bond donors (Lipinski definition) is 0. The zero-order chi connectivity index (χ0) is 14.2. The molecule has 3 fully saturated rings. The Kier molecular flexibility index (Phi) is 4.00. The van der Waals surface area contributed by atoms with Gasteiger partial charge in [0, 0.05) is 30.6 Å². The molecular formula is C16H24N2O2S. The van der Waals surface area contributed by atoms with Gasteiger partial charge in [-0.3, -0.25) is 4.90 Å². The average Bonchev–Trinajstić information content (AvgIpc) is 3.10. The minimum Gasteiger partial charge on any atom is -0.375 e. The Morgan fingerprint density at radius 1 is 1.38 bits per heavy atom. The number of hydrogen-bond acceptors (Lipinski definition) is 5. The third kappa shape index (κ3) is 3.02. The second-order valence-electron chi connectivity index (χ2n) is 6.63. The van der Waals surface area contributed by atoms with Gasteiger partial charge >= 0.3 is 0 Å². The average molecular weight is 308 g/mol. The van der Waals surface area contributed by atoms with Crippen LogP contribution in [0.25, 0.3) is 0 Å². The highest BCUT2D eigenvalue weighted by Gasteiger charge is 2.43. The minimum absolute atomic E-state index is 0.283. The maximum Gasteiger partial charge on any atom is 0.0992 e. The van der Waals surface area contributed by atoms with Crippen molar-refractivity contribution in [3.63, 3.8) is 0 Å². The summed E-state index contributed by atoms with van der Waals surface area (Å²) < 4.78 is 12.2. The van der Waals surface area contributed by atoms with Gasteiger partial charge in [-0.1, -0.05) is 0 Å². The molecule has 21 heavy (non-hydrogen) atoms. The topological polar surface area (TPSA) is 34.6 Å². The number of ether oxygens (including phenoxy) is 2. The molecule has 116 valence electrons. The lowest BCUT2D eigenvalue weighted by molar-refractivity contribution is -0.116. The molecule has 0 N–H and O–H groups in total. The van der Waals surface area contributed by atoms with Crippen LogP contribution in [0.1, 0.15) is 36.3 Å². The SMILES string of the molecule is Cc1ncsc1CN1CCO[C@H]2[C@@H](OCC3CC3)CC[C@@H]21. The number of nitrogens with zero attached hydrogens (tertiary/aromatic N) is 2. The van der Waals surface area contributed by atoms with E-state index >= 15 is 0 Å². The molecule has 0 unspecified atom stereocenters. The number of fused-ring (bicyclic) bond motifs is 1. The first-order valence-electron chi connectivity index (χ1n) is 8.17. The summed E-state index contributed by atoms with van der Waals surface area (Å²) >= 11 is 1.78. The third-order valence-corrected chi connectivity index (χ3v) is 6.00. The van der Waals surface area contributed by atoms with E-state index in [1.165, 1.54) is 29.8 Å². The summed E-state index contributed by atoms with van der Waals surface area (Å²) in [5, 5.41) is 0. The van der Waals surface area contributed by atoms with Crippen LogP contribution in [0.3, 0.4) is 0 Å². The molecular weight excluding hydrogens is 284 g/mol. The molecule has 0 aromatic carbocycles. The highest BCUT2D eigenvalue weighted by molar-refractivity contribution is 7.09. The quantitative estimate of drug-likeness (QED) is 0.837. The molecule has 1 aliphatic heterocycles. The minimum atomic E-state index is 0.283. The zero-order valence-corrected chi connectivity index (χ0v) is 13.5. The van der Waals surface area contributed by atoms with Gasteiger partial charge in [-0.05, 0) is 38.5 Å². The Morgan fingerprint density at radius 3 is 3.05 bits per heavy atom. The van der Waals surface area contributed by atoms with Gasteiger partial charge in [-0.15, -0.1) is 11.3 Å². The first-order chi connectivity index (χ1) is 10.3. The van der Waals surface area contributed by atoms with E-state index in [0.717, 1.165) is 38.6 Å². The van der Waals surface area contributed by atoms with Crippen LogP contribution in [0.2, 0.25) is 0 Å². The number of rotatable bonds is 5. The summed E-state index contributed by atoms with van der Waals surface area (Å²) in [5.41, 5.74) is 3.14. The van der Waals surface area contributed by atoms with Crippen molar-refractivity contribution < 1.29 is 9.47 Å². The monoisotopic (exact) mass is 308 g/mol. The van der Waals surface area contributed by atoms with Crippen molar-refractivity contribution in [2.45, 2.75) is 57.4 Å². The largest absolute Gasteiger partial charge is 0.375 e. The Morgan fingerprint density at radius 2 is 2.29 bits per heavy atom. The normalized spacial score (nSPS) is 33.3. The number of thiazole rings is 1. The fraction of sp³-hybridized carbons (Fsp3) is 0.812. The van der Waals surface area contributed by atoms with Crippen molar-refractivity contribution in [3.8, 4) is 0 Å². The van der Waals surface area contributed by atoms with Crippen molar-refractivity contribution in [1.82, 2.24) is 9.88 Å². The smallest absolute Gasteiger partial charge is 0.0992 e. The molecule has 0 amide bonds. The van der Waals surface area contributed by atoms with Gasteiger partial charge in [0.2, 0.25) is 0 Å². The van der Waals surface area contributed by atoms with Crippen LogP contribution in [0.4, 0.5) is 0 Å². The van der Waals surface area contributed by atoms with Crippen LogP contribution < -0.4 is 0 Å². The maximum absolute atomic E-state index is 6.14. The van der Waals surface area contributed by atoms with E-state index in [1.54, 1.807) is 11.3 Å². The second kappa shape index (κ2) is 5.95. The van der Waals surface area contributed by atoms with Crippen LogP contribution >= 0.6 is 11.3 Å². The van der Waals surface area contributed by atoms with Crippen molar-refractivity contribution >= 4 is 11.3 Å². The standard InChI is InChI=1S/C16H24N2O2S/c1-11-15(21-10-17-11)8-18-6-7-19-16-13(18)4-5-14(16)20-9-12-2-3-12/h10,12-14,16H,2-9H2,1H3/t13-,14-,16+/m0/s1. The molecule has 1 aromatic rings. The van der Waals surface area contributed by atoms with Gasteiger partial charge < -0.3 is 9.47 Å². The Balaban J connectivity index is 1.39. The fourth-order valence-electron chi connectivity index (χ4n) is 3.57. The van der Waals surface area contributed by atoms with Crippen LogP contribution in [-0.4, -0.2) is 47.9 Å². The molecule has 0 spiro atoms. The third-order valence-electron chi connectivity index (χ3n) is 5.08. The van der Waals surface area contributed by atoms with E-state index in [4.69, 9.17) is 9.47 Å². The Bertz CT molecular complexity index is 488. The molecule has 5 heteroatoms. The molecule has 0 radical (unpaired) electrons. The van der Waals surface area contributed by atoms with Gasteiger partial charge in [0.25, 0.3) is 0 Å². The van der Waals surface area contributed by atoms with E-state index in [-0.39, 0.29) is 6.10 Å². The molecule has 3 atom stereocenters. The summed E-state index contributed by atoms with van der Waals surface area (Å²) in [5.74, 6) is 0.837. The molecule has 0 bridgehead atoms. The fourth-order valence-corrected chi connectivity index (χ4v) is 4.37. The number of morpholine rings is 1. The van der Waals surface area contributed by atoms with Gasteiger partial charge in [-0.2, -0.15) is 0 Å². The number of aryl methyl sites for hydroxylation is 1. The van der Waals surface area contributed by atoms with Gasteiger partial charge in [0.15, 0.2) is 0 Å². The lowest BCUT2D eigenvalue weighted by atomic mass is 10.1. The molecule has 2 heterocycles. The van der Waals surface area contributed by atoms with E-state index < -0.39 is 0 Å². The maximum atomic E-state index is 6.14. The second-order valence-corrected chi connectivity index (χ2v) is 7.57. The lowest BCUT2D eigenvalue weighted by Gasteiger charge is -2.38. The summed E-state index contributed by atoms with van der Waals surface area (Å²) in [7, 11) is 0. The van der Waals surface area contributed by atoms with Crippen LogP contribution in [0.15, 0.2) is 5.51 Å². The van der Waals surface area contributed by atoms with Gasteiger partial charge in [0.1, 0.15) is 0 Å². The van der Waals surface area contributed by atoms with E-state index in [9.17, 15) is 0 Å². The molecule has 4 nitrogen and oxygen atoms in total. The summed E-state index contributed by atoms with van der Waals surface area (Å²) in [6, 6.07) is 0.532. The van der Waals surface area contributed by atoms with E-state index in [2.05, 4.69) is 16.8 Å². The summed E-state index contributed by atoms with van der Waals surface area (Å²) in [6.07, 6.45) is 5.68. The lowest BCUT2D eigenvalue weighted by Crippen LogP contribution is -2.51. The van der Waals surface area contributed by atoms with Crippen molar-refractivity contribution in [2.24, 2.45) is 5.92 Å². The molecule has 1 saturated heterocycles. The van der Waals surface area contributed by atoms with Crippen molar-refractivity contribution in [2.75, 3.05) is 19.8 Å². The summed E-state index contributed by atoms with van der Waals surface area (Å²) in [4.78, 5) is 8.37. The molecule has 4 rings (SSSR count). The predicted octanol–water partition coefficient (Wildman–Crippen LogP) is 2.61. The molecule has 2 saturated carbocycles. The number of aromatic nitrogens is 1. The van der Waals surface area contributed by atoms with E-state index in [0.29, 0.717) is 12.1 Å². The Hall–Kier alpha value is -0.490.